The predicted molar refractivity (Wildman–Crippen MR) is 56.0 cm³/mol. The highest BCUT2D eigenvalue weighted by Crippen LogP contribution is 2.18. The van der Waals surface area contributed by atoms with E-state index in [1.807, 2.05) is 6.92 Å². The van der Waals surface area contributed by atoms with Gasteiger partial charge >= 0.3 is 5.97 Å². The number of nitrogens with zero attached hydrogens (tertiary/aromatic N) is 1. The summed E-state index contributed by atoms with van der Waals surface area (Å²) >= 11 is 0. The van der Waals surface area contributed by atoms with Gasteiger partial charge in [0.05, 0.1) is 12.2 Å². The number of hydrogen-bond donors (Lipinski definition) is 1. The summed E-state index contributed by atoms with van der Waals surface area (Å²) in [5.74, 6) is -0.975. The lowest BCUT2D eigenvalue weighted by Gasteiger charge is -2.29. The topological polar surface area (TPSA) is 74.7 Å². The van der Waals surface area contributed by atoms with Crippen molar-refractivity contribution in [1.82, 2.24) is 4.31 Å². The molecule has 15 heavy (non-hydrogen) atoms. The molecule has 0 amide bonds. The molecule has 0 radical (unpaired) electrons. The van der Waals surface area contributed by atoms with Crippen molar-refractivity contribution in [2.75, 3.05) is 18.8 Å². The fraction of sp³-hybridized carbons (Fsp3) is 0.889. The lowest BCUT2D eigenvalue weighted by molar-refractivity contribution is -0.136. The zero-order chi connectivity index (χ0) is 11.5. The molecule has 0 aromatic carbocycles. The van der Waals surface area contributed by atoms with Gasteiger partial charge in [-0.05, 0) is 18.8 Å². The van der Waals surface area contributed by atoms with Gasteiger partial charge in [0.15, 0.2) is 0 Å². The van der Waals surface area contributed by atoms with Crippen molar-refractivity contribution >= 4 is 16.0 Å². The van der Waals surface area contributed by atoms with E-state index in [2.05, 4.69) is 0 Å². The Balaban J connectivity index is 2.56. The minimum atomic E-state index is -3.36. The quantitative estimate of drug-likeness (QED) is 0.771. The Bertz CT molecular complexity index is 325. The lowest BCUT2D eigenvalue weighted by atomic mass is 10.0. The molecule has 1 N–H and O–H groups in total. The molecule has 88 valence electrons. The van der Waals surface area contributed by atoms with Gasteiger partial charge in [-0.1, -0.05) is 6.92 Å². The van der Waals surface area contributed by atoms with Crippen LogP contribution in [-0.4, -0.2) is 42.6 Å². The van der Waals surface area contributed by atoms with Crippen LogP contribution in [0.15, 0.2) is 0 Å². The first kappa shape index (κ1) is 12.4. The Morgan fingerprint density at radius 2 is 2.20 bits per heavy atom. The second kappa shape index (κ2) is 4.94. The van der Waals surface area contributed by atoms with Crippen LogP contribution in [-0.2, 0) is 14.8 Å². The van der Waals surface area contributed by atoms with Crippen LogP contribution in [0.2, 0.25) is 0 Å². The van der Waals surface area contributed by atoms with Crippen molar-refractivity contribution in [2.45, 2.75) is 26.2 Å². The number of sulfonamides is 1. The molecule has 1 rings (SSSR count). The molecule has 1 saturated heterocycles. The predicted octanol–water partition coefficient (Wildman–Crippen LogP) is 0.523. The molecule has 1 aliphatic rings. The molecule has 0 spiro atoms. The van der Waals surface area contributed by atoms with Gasteiger partial charge in [0.1, 0.15) is 0 Å². The van der Waals surface area contributed by atoms with E-state index in [4.69, 9.17) is 5.11 Å². The minimum absolute atomic E-state index is 0.283. The molecule has 0 bridgehead atoms. The fourth-order valence-corrected chi connectivity index (χ4v) is 3.32. The van der Waals surface area contributed by atoms with E-state index in [1.165, 1.54) is 4.31 Å². The fourth-order valence-electron chi connectivity index (χ4n) is 1.74. The van der Waals surface area contributed by atoms with E-state index in [0.29, 0.717) is 19.0 Å². The lowest BCUT2D eigenvalue weighted by Crippen LogP contribution is -2.40. The number of hydrogen-bond acceptors (Lipinski definition) is 3. The number of piperidine rings is 1. The molecule has 0 aliphatic carbocycles. The minimum Gasteiger partial charge on any atom is -0.481 e. The van der Waals surface area contributed by atoms with Crippen molar-refractivity contribution < 1.29 is 18.3 Å². The number of carboxylic acid groups (broad SMARTS) is 1. The van der Waals surface area contributed by atoms with Crippen LogP contribution in [0.25, 0.3) is 0 Å². The maximum atomic E-state index is 11.7. The molecular weight excluding hydrogens is 218 g/mol. The van der Waals surface area contributed by atoms with Gasteiger partial charge in [0, 0.05) is 13.1 Å². The third kappa shape index (κ3) is 3.79. The van der Waals surface area contributed by atoms with E-state index in [9.17, 15) is 13.2 Å². The Labute approximate surface area is 90.1 Å². The Kier molecular flexibility index (Phi) is 4.10. The summed E-state index contributed by atoms with van der Waals surface area (Å²) in [4.78, 5) is 10.3. The first-order valence-corrected chi connectivity index (χ1v) is 6.72. The molecule has 1 atom stereocenters. The Morgan fingerprint density at radius 1 is 1.53 bits per heavy atom. The summed E-state index contributed by atoms with van der Waals surface area (Å²) < 4.78 is 24.8. The van der Waals surface area contributed by atoms with E-state index < -0.39 is 16.0 Å². The van der Waals surface area contributed by atoms with E-state index >= 15 is 0 Å². The second-order valence-corrected chi connectivity index (χ2v) is 6.15. The van der Waals surface area contributed by atoms with Crippen molar-refractivity contribution in [3.8, 4) is 0 Å². The van der Waals surface area contributed by atoms with E-state index in [1.54, 1.807) is 0 Å². The smallest absolute Gasteiger partial charge is 0.304 e. The highest BCUT2D eigenvalue weighted by atomic mass is 32.2. The maximum absolute atomic E-state index is 11.7. The molecule has 0 aromatic heterocycles. The Hall–Kier alpha value is -0.620. The van der Waals surface area contributed by atoms with Crippen LogP contribution in [0.5, 0.6) is 0 Å². The maximum Gasteiger partial charge on any atom is 0.304 e. The molecule has 0 aromatic rings. The molecule has 1 heterocycles. The van der Waals surface area contributed by atoms with Crippen LogP contribution in [0.3, 0.4) is 0 Å². The Morgan fingerprint density at radius 3 is 2.73 bits per heavy atom. The zero-order valence-electron chi connectivity index (χ0n) is 8.85. The van der Waals surface area contributed by atoms with Gasteiger partial charge in [-0.15, -0.1) is 0 Å². The van der Waals surface area contributed by atoms with Gasteiger partial charge in [0.2, 0.25) is 10.0 Å². The summed E-state index contributed by atoms with van der Waals surface area (Å²) in [6.45, 7) is 3.08. The summed E-state index contributed by atoms with van der Waals surface area (Å²) in [7, 11) is -3.36. The average Bonchev–Trinajstić information content (AvgIpc) is 2.15. The van der Waals surface area contributed by atoms with Crippen molar-refractivity contribution in [3.63, 3.8) is 0 Å². The number of carbonyl (C=O) groups is 1. The van der Waals surface area contributed by atoms with Gasteiger partial charge in [-0.2, -0.15) is 0 Å². The largest absolute Gasteiger partial charge is 0.481 e. The average molecular weight is 235 g/mol. The van der Waals surface area contributed by atoms with Crippen LogP contribution < -0.4 is 0 Å². The van der Waals surface area contributed by atoms with Crippen molar-refractivity contribution in [3.05, 3.63) is 0 Å². The molecule has 6 heteroatoms. The van der Waals surface area contributed by atoms with Crippen molar-refractivity contribution in [2.24, 2.45) is 5.92 Å². The van der Waals surface area contributed by atoms with Crippen molar-refractivity contribution in [1.29, 1.82) is 0 Å². The third-order valence-electron chi connectivity index (χ3n) is 2.59. The van der Waals surface area contributed by atoms with Gasteiger partial charge in [-0.25, -0.2) is 12.7 Å². The van der Waals surface area contributed by atoms with Gasteiger partial charge < -0.3 is 5.11 Å². The molecule has 1 unspecified atom stereocenters. The molecule has 1 fully saturated rings. The molecule has 5 nitrogen and oxygen atoms in total. The first-order chi connectivity index (χ1) is 6.92. The number of rotatable bonds is 4. The van der Waals surface area contributed by atoms with Crippen LogP contribution in [0, 0.1) is 5.92 Å². The zero-order valence-corrected chi connectivity index (χ0v) is 9.66. The summed E-state index contributed by atoms with van der Waals surface area (Å²) in [6, 6.07) is 0. The number of aliphatic carboxylic acids is 1. The highest BCUT2D eigenvalue weighted by molar-refractivity contribution is 7.89. The molecular formula is C9H17NO4S. The van der Waals surface area contributed by atoms with Gasteiger partial charge in [-0.3, -0.25) is 4.79 Å². The number of carboxylic acids is 1. The van der Waals surface area contributed by atoms with Crippen LogP contribution in [0.4, 0.5) is 0 Å². The van der Waals surface area contributed by atoms with E-state index in [-0.39, 0.29) is 12.2 Å². The summed E-state index contributed by atoms with van der Waals surface area (Å²) in [5, 5.41) is 8.44. The summed E-state index contributed by atoms with van der Waals surface area (Å²) in [5.41, 5.74) is 0. The van der Waals surface area contributed by atoms with Gasteiger partial charge in [0.25, 0.3) is 0 Å². The monoisotopic (exact) mass is 235 g/mol. The highest BCUT2D eigenvalue weighted by Gasteiger charge is 2.27. The first-order valence-electron chi connectivity index (χ1n) is 5.11. The summed E-state index contributed by atoms with van der Waals surface area (Å²) in [6.07, 6.45) is 1.60. The molecule has 0 saturated carbocycles. The van der Waals surface area contributed by atoms with Crippen LogP contribution in [0.1, 0.15) is 26.2 Å². The normalized spacial score (nSPS) is 23.9. The molecule has 1 aliphatic heterocycles. The SMILES string of the molecule is CC1CCCN(S(=O)(=O)CCC(=O)O)C1. The van der Waals surface area contributed by atoms with E-state index in [0.717, 1.165) is 12.8 Å². The third-order valence-corrected chi connectivity index (χ3v) is 4.43. The van der Waals surface area contributed by atoms with Crippen LogP contribution >= 0.6 is 0 Å². The standard InChI is InChI=1S/C9H17NO4S/c1-8-3-2-5-10(7-8)15(13,14)6-4-9(11)12/h8H,2-7H2,1H3,(H,11,12). The second-order valence-electron chi connectivity index (χ2n) is 4.07.